The summed E-state index contributed by atoms with van der Waals surface area (Å²) in [7, 11) is -9.92. The van der Waals surface area contributed by atoms with Crippen LogP contribution in [-0.2, 0) is 65.4 Å². The third-order valence-electron chi connectivity index (χ3n) is 19.6. The molecule has 0 aromatic heterocycles. The Morgan fingerprint density at radius 3 is 0.703 bits per heavy atom. The molecule has 0 amide bonds. The molecule has 0 radical (unpaired) electrons. The highest BCUT2D eigenvalue weighted by molar-refractivity contribution is 7.47. The van der Waals surface area contributed by atoms with Gasteiger partial charge in [-0.05, 0) is 31.6 Å². The van der Waals surface area contributed by atoms with Crippen LogP contribution in [0.4, 0.5) is 0 Å². The van der Waals surface area contributed by atoms with Crippen LogP contribution in [0, 0.1) is 5.92 Å². The standard InChI is InChI=1S/C82H160O17P2/c1-6-10-13-16-19-22-25-28-29-30-31-32-33-38-43-48-53-58-63-68-82(87)99-78(72-93-80(85)66-61-56-51-46-42-37-35-34-36-39-44-49-54-59-64-75(5)9-4)74-97-101(90,91)95-70-76(83)69-94-100(88,89)96-73-77(98-81(86)67-62-57-52-47-41-27-24-21-18-15-12-8-3)71-92-79(84)65-60-55-50-45-40-26-23-20-17-14-11-7-2/h75-78,83H,6-74H2,1-5H3,(H,88,89)(H,90,91)/t75?,76-,77+,78+/m0/s1. The lowest BCUT2D eigenvalue weighted by molar-refractivity contribution is -0.161. The Labute approximate surface area is 619 Å². The van der Waals surface area contributed by atoms with Gasteiger partial charge in [0.05, 0.1) is 26.4 Å². The molecule has 0 aliphatic carbocycles. The van der Waals surface area contributed by atoms with Gasteiger partial charge < -0.3 is 33.8 Å². The second-order valence-electron chi connectivity index (χ2n) is 29.8. The third kappa shape index (κ3) is 74.7. The number of aliphatic hydroxyl groups is 1. The number of phosphoric acid groups is 2. The van der Waals surface area contributed by atoms with Crippen LogP contribution in [-0.4, -0.2) is 96.7 Å². The molecule has 6 atom stereocenters. The Hall–Kier alpha value is -1.94. The zero-order valence-corrected chi connectivity index (χ0v) is 67.8. The van der Waals surface area contributed by atoms with Crippen LogP contribution in [0.1, 0.15) is 439 Å². The number of hydrogen-bond donors (Lipinski definition) is 3. The first-order valence-electron chi connectivity index (χ1n) is 42.7. The first-order chi connectivity index (χ1) is 49.1. The van der Waals surface area contributed by atoms with Crippen molar-refractivity contribution in [2.24, 2.45) is 5.92 Å². The highest BCUT2D eigenvalue weighted by atomic mass is 31.2. The number of carbonyl (C=O) groups excluding carboxylic acids is 4. The Kier molecular flexibility index (Phi) is 73.5. The summed E-state index contributed by atoms with van der Waals surface area (Å²) in [5.74, 6) is -1.25. The van der Waals surface area contributed by atoms with Gasteiger partial charge in [0.2, 0.25) is 0 Å². The van der Waals surface area contributed by atoms with Crippen LogP contribution in [0.3, 0.4) is 0 Å². The van der Waals surface area contributed by atoms with Crippen LogP contribution in [0.2, 0.25) is 0 Å². The summed E-state index contributed by atoms with van der Waals surface area (Å²) in [6.45, 7) is 7.40. The molecule has 0 saturated heterocycles. The molecule has 0 rings (SSSR count). The number of hydrogen-bond acceptors (Lipinski definition) is 15. The maximum absolute atomic E-state index is 13.1. The van der Waals surface area contributed by atoms with Crippen molar-refractivity contribution < 1.29 is 80.2 Å². The minimum atomic E-state index is -4.96. The van der Waals surface area contributed by atoms with Gasteiger partial charge in [0, 0.05) is 25.7 Å². The van der Waals surface area contributed by atoms with Crippen molar-refractivity contribution in [3.63, 3.8) is 0 Å². The number of phosphoric ester groups is 2. The third-order valence-corrected chi connectivity index (χ3v) is 21.5. The van der Waals surface area contributed by atoms with E-state index in [2.05, 4.69) is 34.6 Å². The van der Waals surface area contributed by atoms with E-state index in [-0.39, 0.29) is 25.7 Å². The molecule has 19 heteroatoms. The van der Waals surface area contributed by atoms with Crippen molar-refractivity contribution in [1.82, 2.24) is 0 Å². The molecular formula is C82H160O17P2. The van der Waals surface area contributed by atoms with Gasteiger partial charge in [-0.25, -0.2) is 9.13 Å². The average Bonchev–Trinajstić information content (AvgIpc) is 1.05. The van der Waals surface area contributed by atoms with Gasteiger partial charge in [0.25, 0.3) is 0 Å². The van der Waals surface area contributed by atoms with Crippen molar-refractivity contribution in [3.8, 4) is 0 Å². The van der Waals surface area contributed by atoms with Crippen molar-refractivity contribution in [3.05, 3.63) is 0 Å². The Morgan fingerprint density at radius 2 is 0.475 bits per heavy atom. The van der Waals surface area contributed by atoms with Gasteiger partial charge in [0.1, 0.15) is 19.3 Å². The van der Waals surface area contributed by atoms with Gasteiger partial charge in [-0.15, -0.1) is 0 Å². The zero-order chi connectivity index (χ0) is 74.1. The summed E-state index contributed by atoms with van der Waals surface area (Å²) >= 11 is 0. The van der Waals surface area contributed by atoms with Gasteiger partial charge in [-0.3, -0.25) is 37.3 Å². The predicted molar refractivity (Wildman–Crippen MR) is 414 cm³/mol. The molecule has 0 saturated carbocycles. The first kappa shape index (κ1) is 99.1. The number of unbranched alkanes of at least 4 members (excludes halogenated alkanes) is 53. The number of rotatable bonds is 82. The fourth-order valence-electron chi connectivity index (χ4n) is 12.7. The topological polar surface area (TPSA) is 237 Å². The molecule has 3 N–H and O–H groups in total. The van der Waals surface area contributed by atoms with Gasteiger partial charge in [-0.2, -0.15) is 0 Å². The molecular weight excluding hydrogens is 1320 g/mol. The fraction of sp³-hybridized carbons (Fsp3) is 0.951. The van der Waals surface area contributed by atoms with E-state index in [1.807, 2.05) is 0 Å². The highest BCUT2D eigenvalue weighted by Crippen LogP contribution is 2.45. The lowest BCUT2D eigenvalue weighted by atomic mass is 9.99. The number of ether oxygens (including phenoxy) is 4. The smallest absolute Gasteiger partial charge is 0.462 e. The molecule has 0 aliphatic heterocycles. The predicted octanol–water partition coefficient (Wildman–Crippen LogP) is 24.8. The minimum absolute atomic E-state index is 0.108. The SMILES string of the molecule is CCCCCCCCCCCCCCCCCCCCCC(=O)O[C@H](COC(=O)CCCCCCCCCCCCCCCCC(C)CC)COP(=O)(O)OC[C@@H](O)COP(=O)(O)OC[C@@H](COC(=O)CCCCCCCCCCCCCC)OC(=O)CCCCCCCCCCCCCC. The summed E-state index contributed by atoms with van der Waals surface area (Å²) in [5.41, 5.74) is 0. The quantitative estimate of drug-likeness (QED) is 0.0222. The van der Waals surface area contributed by atoms with E-state index < -0.39 is 97.5 Å². The van der Waals surface area contributed by atoms with Gasteiger partial charge >= 0.3 is 39.5 Å². The van der Waals surface area contributed by atoms with Crippen molar-refractivity contribution >= 4 is 39.5 Å². The van der Waals surface area contributed by atoms with Crippen LogP contribution >= 0.6 is 15.6 Å². The summed E-state index contributed by atoms with van der Waals surface area (Å²) in [5, 5.41) is 10.6. The lowest BCUT2D eigenvalue weighted by Gasteiger charge is -2.21. The Balaban J connectivity index is 5.24. The Morgan fingerprint density at radius 1 is 0.277 bits per heavy atom. The molecule has 0 aliphatic rings. The second kappa shape index (κ2) is 74.9. The van der Waals surface area contributed by atoms with Gasteiger partial charge in [0.15, 0.2) is 12.2 Å². The number of carbonyl (C=O) groups is 4. The summed E-state index contributed by atoms with van der Waals surface area (Å²) in [6, 6.07) is 0. The number of esters is 4. The highest BCUT2D eigenvalue weighted by Gasteiger charge is 2.30. The molecule has 0 aromatic rings. The second-order valence-corrected chi connectivity index (χ2v) is 32.7. The van der Waals surface area contributed by atoms with Crippen molar-refractivity contribution in [2.45, 2.75) is 457 Å². The largest absolute Gasteiger partial charge is 0.472 e. The normalized spacial score (nSPS) is 14.1. The molecule has 0 spiro atoms. The minimum Gasteiger partial charge on any atom is -0.462 e. The molecule has 17 nitrogen and oxygen atoms in total. The first-order valence-corrected chi connectivity index (χ1v) is 45.7. The van der Waals surface area contributed by atoms with Crippen molar-refractivity contribution in [2.75, 3.05) is 39.6 Å². The zero-order valence-electron chi connectivity index (χ0n) is 66.1. The van der Waals surface area contributed by atoms with Crippen LogP contribution in [0.15, 0.2) is 0 Å². The maximum Gasteiger partial charge on any atom is 0.472 e. The fourth-order valence-corrected chi connectivity index (χ4v) is 14.3. The summed E-state index contributed by atoms with van der Waals surface area (Å²) in [4.78, 5) is 73.1. The van der Waals surface area contributed by atoms with Crippen LogP contribution < -0.4 is 0 Å². The van der Waals surface area contributed by atoms with E-state index in [4.69, 9.17) is 37.0 Å². The molecule has 3 unspecified atom stereocenters. The Bertz CT molecular complexity index is 1930. The maximum atomic E-state index is 13.1. The van der Waals surface area contributed by atoms with E-state index in [0.717, 1.165) is 95.8 Å². The van der Waals surface area contributed by atoms with E-state index in [1.54, 1.807) is 0 Å². The summed E-state index contributed by atoms with van der Waals surface area (Å²) < 4.78 is 68.8. The molecule has 0 fully saturated rings. The average molecular weight is 1480 g/mol. The summed E-state index contributed by atoms with van der Waals surface area (Å²) in [6.07, 6.45) is 66.4. The molecule has 0 aromatic carbocycles. The van der Waals surface area contributed by atoms with E-state index in [0.29, 0.717) is 25.7 Å². The van der Waals surface area contributed by atoms with E-state index in [1.165, 1.54) is 263 Å². The lowest BCUT2D eigenvalue weighted by Crippen LogP contribution is -2.30. The van der Waals surface area contributed by atoms with Crippen molar-refractivity contribution in [1.29, 1.82) is 0 Å². The molecule has 0 bridgehead atoms. The number of aliphatic hydroxyl groups excluding tert-OH is 1. The van der Waals surface area contributed by atoms with Crippen LogP contribution in [0.5, 0.6) is 0 Å². The molecule has 600 valence electrons. The molecule has 0 heterocycles. The van der Waals surface area contributed by atoms with Crippen LogP contribution in [0.25, 0.3) is 0 Å². The molecule has 101 heavy (non-hydrogen) atoms. The van der Waals surface area contributed by atoms with Gasteiger partial charge in [-0.1, -0.05) is 388 Å². The monoisotopic (exact) mass is 1480 g/mol. The van der Waals surface area contributed by atoms with E-state index in [9.17, 15) is 43.2 Å². The van der Waals surface area contributed by atoms with E-state index >= 15 is 0 Å².